The first-order valence-electron chi connectivity index (χ1n) is 5.93. The molecule has 0 radical (unpaired) electrons. The van der Waals surface area contributed by atoms with Gasteiger partial charge in [-0.25, -0.2) is 13.2 Å². The molecule has 19 heavy (non-hydrogen) atoms. The lowest BCUT2D eigenvalue weighted by Gasteiger charge is -2.24. The molecule has 2 N–H and O–H groups in total. The standard InChI is InChI=1S/C15H14F3N/c16-13-7-6-11(14(17)8-13)9-15(18,10-19)12-4-2-1-3-5-12/h1-8H,9-10,19H2. The Bertz CT molecular complexity index is 557. The average Bonchev–Trinajstić information content (AvgIpc) is 2.43. The Kier molecular flexibility index (Phi) is 3.90. The van der Waals surface area contributed by atoms with E-state index in [4.69, 9.17) is 5.73 Å². The summed E-state index contributed by atoms with van der Waals surface area (Å²) in [5.74, 6) is -1.44. The first kappa shape index (κ1) is 13.6. The van der Waals surface area contributed by atoms with Gasteiger partial charge in [-0.15, -0.1) is 0 Å². The normalized spacial score (nSPS) is 14.1. The molecule has 0 bridgehead atoms. The molecule has 1 nitrogen and oxygen atoms in total. The second-order valence-electron chi connectivity index (χ2n) is 4.45. The fraction of sp³-hybridized carbons (Fsp3) is 0.200. The first-order chi connectivity index (χ1) is 9.05. The highest BCUT2D eigenvalue weighted by molar-refractivity contribution is 5.28. The van der Waals surface area contributed by atoms with Crippen molar-refractivity contribution in [2.45, 2.75) is 12.1 Å². The molecule has 0 amide bonds. The van der Waals surface area contributed by atoms with E-state index in [1.54, 1.807) is 30.3 Å². The molecule has 0 heterocycles. The Hall–Kier alpha value is -1.81. The maximum absolute atomic E-state index is 14.8. The number of hydrogen-bond acceptors (Lipinski definition) is 1. The summed E-state index contributed by atoms with van der Waals surface area (Å²) in [6.07, 6.45) is -0.223. The molecule has 1 atom stereocenters. The Morgan fingerprint density at radius 1 is 1.00 bits per heavy atom. The first-order valence-corrected chi connectivity index (χ1v) is 5.93. The van der Waals surface area contributed by atoms with Crippen LogP contribution in [0.2, 0.25) is 0 Å². The molecule has 0 aliphatic carbocycles. The fourth-order valence-electron chi connectivity index (χ4n) is 2.00. The zero-order valence-corrected chi connectivity index (χ0v) is 10.2. The number of halogens is 3. The van der Waals surface area contributed by atoms with Crippen LogP contribution in [-0.2, 0) is 12.1 Å². The van der Waals surface area contributed by atoms with E-state index in [0.29, 0.717) is 5.56 Å². The Balaban J connectivity index is 2.33. The fourth-order valence-corrected chi connectivity index (χ4v) is 2.00. The van der Waals surface area contributed by atoms with Crippen molar-refractivity contribution in [1.29, 1.82) is 0 Å². The molecule has 0 fully saturated rings. The van der Waals surface area contributed by atoms with Crippen LogP contribution in [-0.4, -0.2) is 6.54 Å². The van der Waals surface area contributed by atoms with Crippen LogP contribution in [0.15, 0.2) is 48.5 Å². The van der Waals surface area contributed by atoms with Crippen molar-refractivity contribution in [3.05, 3.63) is 71.3 Å². The molecule has 100 valence electrons. The van der Waals surface area contributed by atoms with Crippen LogP contribution in [0.3, 0.4) is 0 Å². The van der Waals surface area contributed by atoms with Crippen molar-refractivity contribution >= 4 is 0 Å². The SMILES string of the molecule is NCC(F)(Cc1ccc(F)cc1F)c1ccccc1. The lowest BCUT2D eigenvalue weighted by molar-refractivity contribution is 0.173. The van der Waals surface area contributed by atoms with Crippen LogP contribution < -0.4 is 5.73 Å². The van der Waals surface area contributed by atoms with E-state index < -0.39 is 17.3 Å². The molecule has 0 saturated heterocycles. The molecule has 0 aromatic heterocycles. The van der Waals surface area contributed by atoms with Crippen molar-refractivity contribution in [2.24, 2.45) is 5.73 Å². The maximum Gasteiger partial charge on any atom is 0.152 e. The Morgan fingerprint density at radius 2 is 1.68 bits per heavy atom. The quantitative estimate of drug-likeness (QED) is 0.901. The van der Waals surface area contributed by atoms with Crippen molar-refractivity contribution in [3.8, 4) is 0 Å². The maximum atomic E-state index is 14.8. The molecule has 1 unspecified atom stereocenters. The second-order valence-corrected chi connectivity index (χ2v) is 4.45. The van der Waals surface area contributed by atoms with E-state index in [0.717, 1.165) is 12.1 Å². The lowest BCUT2D eigenvalue weighted by atomic mass is 9.89. The van der Waals surface area contributed by atoms with Gasteiger partial charge in [0.15, 0.2) is 5.67 Å². The van der Waals surface area contributed by atoms with Crippen molar-refractivity contribution < 1.29 is 13.2 Å². The van der Waals surface area contributed by atoms with Gasteiger partial charge in [0.2, 0.25) is 0 Å². The largest absolute Gasteiger partial charge is 0.327 e. The van der Waals surface area contributed by atoms with Gasteiger partial charge in [0.25, 0.3) is 0 Å². The van der Waals surface area contributed by atoms with E-state index in [2.05, 4.69) is 0 Å². The Morgan fingerprint density at radius 3 is 2.26 bits per heavy atom. The predicted molar refractivity (Wildman–Crippen MR) is 68.3 cm³/mol. The molecular weight excluding hydrogens is 251 g/mol. The zero-order chi connectivity index (χ0) is 13.9. The molecule has 2 rings (SSSR count). The molecule has 2 aromatic rings. The zero-order valence-electron chi connectivity index (χ0n) is 10.2. The van der Waals surface area contributed by atoms with E-state index >= 15 is 0 Å². The van der Waals surface area contributed by atoms with E-state index in [9.17, 15) is 13.2 Å². The van der Waals surface area contributed by atoms with Gasteiger partial charge in [0.1, 0.15) is 11.6 Å². The smallest absolute Gasteiger partial charge is 0.152 e. The third-order valence-corrected chi connectivity index (χ3v) is 3.10. The van der Waals surface area contributed by atoms with Crippen molar-refractivity contribution in [2.75, 3.05) is 6.54 Å². The highest BCUT2D eigenvalue weighted by Crippen LogP contribution is 2.30. The van der Waals surface area contributed by atoms with Gasteiger partial charge in [0, 0.05) is 19.0 Å². The highest BCUT2D eigenvalue weighted by Gasteiger charge is 2.31. The number of hydrogen-bond donors (Lipinski definition) is 1. The third kappa shape index (κ3) is 2.96. The predicted octanol–water partition coefficient (Wildman–Crippen LogP) is 3.33. The minimum absolute atomic E-state index is 0.109. The minimum Gasteiger partial charge on any atom is -0.327 e. The number of alkyl halides is 1. The van der Waals surface area contributed by atoms with Gasteiger partial charge >= 0.3 is 0 Å². The number of nitrogens with two attached hydrogens (primary N) is 1. The van der Waals surface area contributed by atoms with Gasteiger partial charge in [-0.05, 0) is 17.2 Å². The Labute approximate surface area is 109 Å². The molecule has 0 spiro atoms. The summed E-state index contributed by atoms with van der Waals surface area (Å²) in [7, 11) is 0. The van der Waals surface area contributed by atoms with Crippen LogP contribution in [0.25, 0.3) is 0 Å². The number of benzene rings is 2. The third-order valence-electron chi connectivity index (χ3n) is 3.10. The van der Waals surface area contributed by atoms with Crippen LogP contribution in [0.1, 0.15) is 11.1 Å². The molecule has 0 aliphatic heterocycles. The summed E-state index contributed by atoms with van der Waals surface area (Å²) in [5, 5.41) is 0. The lowest BCUT2D eigenvalue weighted by Crippen LogP contribution is -2.33. The van der Waals surface area contributed by atoms with Crippen LogP contribution in [0.4, 0.5) is 13.2 Å². The molecular formula is C15H14F3N. The highest BCUT2D eigenvalue weighted by atomic mass is 19.1. The number of rotatable bonds is 4. The van der Waals surface area contributed by atoms with Crippen LogP contribution in [0.5, 0.6) is 0 Å². The van der Waals surface area contributed by atoms with Crippen LogP contribution >= 0.6 is 0 Å². The molecule has 0 aliphatic rings. The molecule has 0 saturated carbocycles. The van der Waals surface area contributed by atoms with Gasteiger partial charge in [-0.1, -0.05) is 36.4 Å². The van der Waals surface area contributed by atoms with E-state index in [1.165, 1.54) is 6.07 Å². The minimum atomic E-state index is -1.86. The summed E-state index contributed by atoms with van der Waals surface area (Å²) in [5.41, 5.74) is 4.13. The summed E-state index contributed by atoms with van der Waals surface area (Å²) in [6.45, 7) is -0.270. The second kappa shape index (κ2) is 5.45. The van der Waals surface area contributed by atoms with E-state index in [-0.39, 0.29) is 18.5 Å². The summed E-state index contributed by atoms with van der Waals surface area (Å²) >= 11 is 0. The van der Waals surface area contributed by atoms with Gasteiger partial charge in [0.05, 0.1) is 0 Å². The van der Waals surface area contributed by atoms with E-state index in [1.807, 2.05) is 0 Å². The van der Waals surface area contributed by atoms with Gasteiger partial charge in [-0.3, -0.25) is 0 Å². The topological polar surface area (TPSA) is 26.0 Å². The molecule has 2 aromatic carbocycles. The van der Waals surface area contributed by atoms with Crippen LogP contribution in [0, 0.1) is 11.6 Å². The van der Waals surface area contributed by atoms with Gasteiger partial charge < -0.3 is 5.73 Å². The summed E-state index contributed by atoms with van der Waals surface area (Å²) < 4.78 is 41.2. The van der Waals surface area contributed by atoms with Crippen molar-refractivity contribution in [1.82, 2.24) is 0 Å². The monoisotopic (exact) mass is 265 g/mol. The van der Waals surface area contributed by atoms with Crippen molar-refractivity contribution in [3.63, 3.8) is 0 Å². The summed E-state index contributed by atoms with van der Waals surface area (Å²) in [6, 6.07) is 11.5. The summed E-state index contributed by atoms with van der Waals surface area (Å²) in [4.78, 5) is 0. The van der Waals surface area contributed by atoms with Gasteiger partial charge in [-0.2, -0.15) is 0 Å². The molecule has 4 heteroatoms. The average molecular weight is 265 g/mol.